The Morgan fingerprint density at radius 1 is 1.50 bits per heavy atom. The third-order valence-electron chi connectivity index (χ3n) is 1.73. The van der Waals surface area contributed by atoms with Crippen LogP contribution >= 0.6 is 20.7 Å². The Balaban J connectivity index is 3.08. The van der Waals surface area contributed by atoms with E-state index >= 15 is 0 Å². The van der Waals surface area contributed by atoms with E-state index in [1.54, 1.807) is 0 Å². The molecule has 12 heavy (non-hydrogen) atoms. The van der Waals surface area contributed by atoms with Crippen molar-refractivity contribution in [3.05, 3.63) is 21.4 Å². The van der Waals surface area contributed by atoms with Crippen LogP contribution in [0, 0.1) is 0 Å². The van der Waals surface area contributed by atoms with Gasteiger partial charge in [-0.2, -0.15) is 4.39 Å². The summed E-state index contributed by atoms with van der Waals surface area (Å²) in [6.07, 6.45) is 2.97. The summed E-state index contributed by atoms with van der Waals surface area (Å²) in [5.74, 6) is 0. The highest BCUT2D eigenvalue weighted by molar-refractivity contribution is 14.2. The average molecular weight is 281 g/mol. The zero-order valence-corrected chi connectivity index (χ0v) is 9.72. The Bertz CT molecular complexity index is 264. The summed E-state index contributed by atoms with van der Waals surface area (Å²) >= 11 is -0.485. The Morgan fingerprint density at radius 3 is 2.58 bits per heavy atom. The number of allylic oxidation sites excluding steroid dienone is 3. The van der Waals surface area contributed by atoms with Crippen molar-refractivity contribution in [1.82, 2.24) is 4.90 Å². The molecular weight excluding hydrogens is 268 g/mol. The number of rotatable bonds is 2. The topological polar surface area (TPSA) is 3.24 Å². The van der Waals surface area contributed by atoms with Crippen LogP contribution in [-0.2, 0) is 0 Å². The molecule has 1 nitrogen and oxygen atoms in total. The summed E-state index contributed by atoms with van der Waals surface area (Å²) < 4.78 is 15.4. The Kier molecular flexibility index (Phi) is 3.43. The first-order valence-electron chi connectivity index (χ1n) is 3.90. The SMILES string of the molecule is CCC1=C(N(C)C)C(F)=IC=C1. The van der Waals surface area contributed by atoms with Gasteiger partial charge in [0.2, 0.25) is 0 Å². The Labute approximate surface area is 82.7 Å². The van der Waals surface area contributed by atoms with Crippen LogP contribution in [0.25, 0.3) is 0 Å². The maximum absolute atomic E-state index is 13.4. The molecule has 0 aromatic carbocycles. The summed E-state index contributed by atoms with van der Waals surface area (Å²) in [6.45, 7) is 2.06. The smallest absolute Gasteiger partial charge is 0.178 e. The van der Waals surface area contributed by atoms with Gasteiger partial charge in [0.15, 0.2) is 3.76 Å². The van der Waals surface area contributed by atoms with Gasteiger partial charge in [-0.1, -0.05) is 33.7 Å². The standard InChI is InChI=1S/C9H13FIN/c1-4-7-5-6-11-9(10)8(7)12(2)3/h5-6H,4H2,1-3H3. The van der Waals surface area contributed by atoms with Crippen molar-refractivity contribution in [2.45, 2.75) is 13.3 Å². The first kappa shape index (κ1) is 9.89. The third-order valence-corrected chi connectivity index (χ3v) is 3.51. The lowest BCUT2D eigenvalue weighted by Crippen LogP contribution is -2.18. The van der Waals surface area contributed by atoms with Gasteiger partial charge in [0.05, 0.1) is 5.70 Å². The van der Waals surface area contributed by atoms with E-state index in [1.165, 1.54) is 0 Å². The van der Waals surface area contributed by atoms with Crippen LogP contribution in [0.5, 0.6) is 0 Å². The number of hydrogen-bond donors (Lipinski definition) is 0. The summed E-state index contributed by atoms with van der Waals surface area (Å²) in [7, 11) is 3.79. The van der Waals surface area contributed by atoms with Crippen LogP contribution in [0.4, 0.5) is 4.39 Å². The monoisotopic (exact) mass is 281 g/mol. The van der Waals surface area contributed by atoms with Crippen LogP contribution in [0.15, 0.2) is 21.4 Å². The van der Waals surface area contributed by atoms with Crippen molar-refractivity contribution in [3.8, 4) is 0 Å². The molecule has 1 rings (SSSR count). The van der Waals surface area contributed by atoms with Crippen molar-refractivity contribution in [3.63, 3.8) is 0 Å². The highest BCUT2D eigenvalue weighted by Gasteiger charge is 2.13. The molecule has 0 saturated heterocycles. The lowest BCUT2D eigenvalue weighted by molar-refractivity contribution is 0.522. The third kappa shape index (κ3) is 1.94. The first-order valence-corrected chi connectivity index (χ1v) is 6.22. The minimum absolute atomic E-state index is 0.0955. The lowest BCUT2D eigenvalue weighted by atomic mass is 10.1. The van der Waals surface area contributed by atoms with Gasteiger partial charge < -0.3 is 4.90 Å². The lowest BCUT2D eigenvalue weighted by Gasteiger charge is -2.19. The van der Waals surface area contributed by atoms with Crippen molar-refractivity contribution in [1.29, 1.82) is 0 Å². The summed E-state index contributed by atoms with van der Waals surface area (Å²) in [6, 6.07) is 0. The first-order chi connectivity index (χ1) is 5.66. The molecular formula is C9H13FIN. The summed E-state index contributed by atoms with van der Waals surface area (Å²) in [5, 5.41) is 0. The minimum Gasteiger partial charge on any atom is -0.375 e. The number of hydrogen-bond acceptors (Lipinski definition) is 1. The molecule has 0 amide bonds. The van der Waals surface area contributed by atoms with Crippen molar-refractivity contribution < 1.29 is 4.39 Å². The zero-order chi connectivity index (χ0) is 9.14. The average Bonchev–Trinajstić information content (AvgIpc) is 2.03. The second-order valence-corrected chi connectivity index (χ2v) is 5.07. The molecule has 0 saturated carbocycles. The molecule has 1 aliphatic rings. The minimum atomic E-state index is -0.485. The molecule has 1 heterocycles. The fraction of sp³-hybridized carbons (Fsp3) is 0.444. The molecule has 0 N–H and O–H groups in total. The van der Waals surface area contributed by atoms with E-state index < -0.39 is 20.7 Å². The highest BCUT2D eigenvalue weighted by Crippen LogP contribution is 2.25. The second kappa shape index (κ2) is 4.16. The molecule has 0 aromatic heterocycles. The van der Waals surface area contributed by atoms with Gasteiger partial charge in [-0.05, 0) is 16.1 Å². The second-order valence-electron chi connectivity index (χ2n) is 2.78. The van der Waals surface area contributed by atoms with E-state index in [1.807, 2.05) is 23.1 Å². The predicted molar refractivity (Wildman–Crippen MR) is 60.3 cm³/mol. The van der Waals surface area contributed by atoms with Gasteiger partial charge in [0.25, 0.3) is 0 Å². The van der Waals surface area contributed by atoms with Gasteiger partial charge in [-0.25, -0.2) is 0 Å². The maximum Gasteiger partial charge on any atom is 0.178 e. The van der Waals surface area contributed by atoms with E-state index in [-0.39, 0.29) is 3.76 Å². The van der Waals surface area contributed by atoms with Gasteiger partial charge >= 0.3 is 0 Å². The Hall–Kier alpha value is -0.190. The van der Waals surface area contributed by atoms with E-state index in [4.69, 9.17) is 0 Å². The van der Waals surface area contributed by atoms with Gasteiger partial charge in [0, 0.05) is 14.1 Å². The fourth-order valence-electron chi connectivity index (χ4n) is 1.16. The van der Waals surface area contributed by atoms with Gasteiger partial charge in [-0.15, -0.1) is 0 Å². The highest BCUT2D eigenvalue weighted by atomic mass is 127. The number of halogens is 2. The maximum atomic E-state index is 13.4. The van der Waals surface area contributed by atoms with E-state index in [0.29, 0.717) is 0 Å². The molecule has 0 aromatic rings. The zero-order valence-electron chi connectivity index (χ0n) is 7.56. The van der Waals surface area contributed by atoms with E-state index in [9.17, 15) is 4.39 Å². The normalized spacial score (nSPS) is 17.2. The van der Waals surface area contributed by atoms with Crippen LogP contribution in [0.1, 0.15) is 13.3 Å². The van der Waals surface area contributed by atoms with Gasteiger partial charge in [0.1, 0.15) is 0 Å². The summed E-state index contributed by atoms with van der Waals surface area (Å²) in [4.78, 5) is 1.87. The predicted octanol–water partition coefficient (Wildman–Crippen LogP) is 2.81. The molecule has 0 radical (unpaired) electrons. The molecule has 0 spiro atoms. The van der Waals surface area contributed by atoms with E-state index in [2.05, 4.69) is 13.0 Å². The van der Waals surface area contributed by atoms with Crippen LogP contribution in [0.2, 0.25) is 0 Å². The molecule has 68 valence electrons. The van der Waals surface area contributed by atoms with Crippen LogP contribution < -0.4 is 0 Å². The quantitative estimate of drug-likeness (QED) is 0.703. The molecule has 0 aliphatic carbocycles. The molecule has 0 unspecified atom stereocenters. The van der Waals surface area contributed by atoms with Crippen molar-refractivity contribution >= 4 is 24.5 Å². The molecule has 0 fully saturated rings. The molecule has 3 heteroatoms. The van der Waals surface area contributed by atoms with Crippen LogP contribution in [0.3, 0.4) is 0 Å². The summed E-state index contributed by atoms with van der Waals surface area (Å²) in [5.41, 5.74) is 1.93. The molecule has 0 atom stereocenters. The van der Waals surface area contributed by atoms with Gasteiger partial charge in [-0.3, -0.25) is 0 Å². The fourth-order valence-corrected chi connectivity index (χ4v) is 3.21. The number of nitrogens with zero attached hydrogens (tertiary/aromatic N) is 1. The molecule has 0 bridgehead atoms. The van der Waals surface area contributed by atoms with E-state index in [0.717, 1.165) is 17.7 Å². The largest absolute Gasteiger partial charge is 0.375 e. The molecule has 1 aliphatic heterocycles. The van der Waals surface area contributed by atoms with Crippen molar-refractivity contribution in [2.75, 3.05) is 14.1 Å². The Morgan fingerprint density at radius 2 is 2.17 bits per heavy atom. The van der Waals surface area contributed by atoms with Crippen molar-refractivity contribution in [2.24, 2.45) is 0 Å². The van der Waals surface area contributed by atoms with Crippen LogP contribution in [-0.4, -0.2) is 22.8 Å².